The van der Waals surface area contributed by atoms with Gasteiger partial charge in [0.15, 0.2) is 5.69 Å². The van der Waals surface area contributed by atoms with Crippen molar-refractivity contribution in [3.63, 3.8) is 0 Å². The minimum absolute atomic E-state index is 0.129. The second-order valence-corrected chi connectivity index (χ2v) is 13.0. The second-order valence-electron chi connectivity index (χ2n) is 11.2. The number of fused-ring (bicyclic) bond motifs is 1. The summed E-state index contributed by atoms with van der Waals surface area (Å²) in [6, 6.07) is 3.11. The lowest BCUT2D eigenvalue weighted by atomic mass is 10.0. The van der Waals surface area contributed by atoms with Gasteiger partial charge in [-0.3, -0.25) is 9.59 Å². The number of ether oxygens (including phenoxy) is 2. The molecule has 3 aliphatic rings. The maximum Gasteiger partial charge on any atom is 0.276 e. The lowest BCUT2D eigenvalue weighted by Gasteiger charge is -2.35. The van der Waals surface area contributed by atoms with Crippen LogP contribution in [0.1, 0.15) is 71.5 Å². The van der Waals surface area contributed by atoms with Crippen LogP contribution < -0.4 is 4.74 Å². The summed E-state index contributed by atoms with van der Waals surface area (Å²) in [4.78, 5) is 29.9. The van der Waals surface area contributed by atoms with Gasteiger partial charge in [0, 0.05) is 44.2 Å². The lowest BCUT2D eigenvalue weighted by Crippen LogP contribution is -2.47. The van der Waals surface area contributed by atoms with Crippen LogP contribution in [0.25, 0.3) is 0 Å². The van der Waals surface area contributed by atoms with Crippen molar-refractivity contribution in [2.75, 3.05) is 46.5 Å². The van der Waals surface area contributed by atoms with E-state index in [2.05, 4.69) is 5.16 Å². The van der Waals surface area contributed by atoms with Crippen LogP contribution >= 0.6 is 0 Å². The van der Waals surface area contributed by atoms with Crippen molar-refractivity contribution in [1.29, 1.82) is 0 Å². The first-order valence-electron chi connectivity index (χ1n) is 14.5. The summed E-state index contributed by atoms with van der Waals surface area (Å²) >= 11 is 0. The number of benzene rings is 1. The number of amides is 2. The van der Waals surface area contributed by atoms with Crippen LogP contribution in [0.5, 0.6) is 5.75 Å². The van der Waals surface area contributed by atoms with E-state index in [0.29, 0.717) is 77.8 Å². The first-order valence-corrected chi connectivity index (χ1v) is 15.9. The zero-order chi connectivity index (χ0) is 29.1. The molecule has 0 N–H and O–H groups in total. The molecule has 2 fully saturated rings. The molecule has 2 aromatic rings. The number of hydrogen-bond acceptors (Lipinski definition) is 8. The van der Waals surface area contributed by atoms with Gasteiger partial charge in [-0.05, 0) is 69.2 Å². The molecular weight excluding hydrogens is 548 g/mol. The molecule has 224 valence electrons. The van der Waals surface area contributed by atoms with E-state index >= 15 is 0 Å². The Morgan fingerprint density at radius 3 is 2.41 bits per heavy atom. The van der Waals surface area contributed by atoms with Gasteiger partial charge in [-0.15, -0.1) is 0 Å². The molecule has 1 unspecified atom stereocenters. The molecule has 11 nitrogen and oxygen atoms in total. The van der Waals surface area contributed by atoms with E-state index in [1.54, 1.807) is 38.0 Å². The van der Waals surface area contributed by atoms with Gasteiger partial charge in [0.2, 0.25) is 15.9 Å². The molecule has 3 aliphatic heterocycles. The molecule has 1 aromatic heterocycles. The SMILES string of the molecule is COc1cc(C)c(S(=O)(=O)N2CCCCC2COCC(=O)N2CCc3onc(C(=O)N4CCCCC4)c3C2)c(C)c1. The van der Waals surface area contributed by atoms with Crippen LogP contribution in [0.15, 0.2) is 21.6 Å². The molecule has 5 rings (SSSR count). The Morgan fingerprint density at radius 2 is 1.71 bits per heavy atom. The molecule has 0 saturated carbocycles. The summed E-state index contributed by atoms with van der Waals surface area (Å²) in [6.45, 7) is 6.04. The van der Waals surface area contributed by atoms with Crippen LogP contribution in [0.4, 0.5) is 0 Å². The molecule has 0 spiro atoms. The average Bonchev–Trinajstić information content (AvgIpc) is 3.40. The van der Waals surface area contributed by atoms with Crippen LogP contribution in [0.2, 0.25) is 0 Å². The fourth-order valence-corrected chi connectivity index (χ4v) is 8.31. The first kappa shape index (κ1) is 29.5. The largest absolute Gasteiger partial charge is 0.497 e. The number of aryl methyl sites for hydroxylation is 2. The number of nitrogens with zero attached hydrogens (tertiary/aromatic N) is 4. The summed E-state index contributed by atoms with van der Waals surface area (Å²) in [5.41, 5.74) is 2.25. The van der Waals surface area contributed by atoms with Crippen molar-refractivity contribution < 1.29 is 32.0 Å². The number of hydrogen-bond donors (Lipinski definition) is 0. The topological polar surface area (TPSA) is 122 Å². The Labute approximate surface area is 241 Å². The zero-order valence-electron chi connectivity index (χ0n) is 24.2. The fourth-order valence-electron chi connectivity index (χ4n) is 6.22. The Hall–Kier alpha value is -2.96. The number of methoxy groups -OCH3 is 1. The van der Waals surface area contributed by atoms with Gasteiger partial charge in [0.25, 0.3) is 5.91 Å². The third kappa shape index (κ3) is 6.14. The standard InChI is InChI=1S/C29H40N4O7S/c1-20-15-23(38-3)16-21(2)28(20)41(36,37)33-13-8-5-9-22(33)18-39-19-26(34)32-14-10-25-24(17-32)27(30-40-25)29(35)31-11-6-4-7-12-31/h15-16,22H,4-14,17-19H2,1-3H3. The molecule has 1 aromatic carbocycles. The first-order chi connectivity index (χ1) is 19.7. The van der Waals surface area contributed by atoms with Crippen LogP contribution in [0.3, 0.4) is 0 Å². The predicted octanol–water partition coefficient (Wildman–Crippen LogP) is 3.07. The third-order valence-corrected chi connectivity index (χ3v) is 10.6. The Kier molecular flexibility index (Phi) is 9.00. The van der Waals surface area contributed by atoms with Crippen molar-refractivity contribution in [3.05, 3.63) is 40.3 Å². The highest BCUT2D eigenvalue weighted by Gasteiger charge is 2.36. The van der Waals surface area contributed by atoms with Gasteiger partial charge in [-0.2, -0.15) is 4.31 Å². The molecule has 1 atom stereocenters. The number of likely N-dealkylation sites (tertiary alicyclic amines) is 1. The summed E-state index contributed by atoms with van der Waals surface area (Å²) in [5, 5.41) is 4.06. The van der Waals surface area contributed by atoms with Crippen LogP contribution in [-0.2, 0) is 32.5 Å². The molecule has 12 heteroatoms. The van der Waals surface area contributed by atoms with Gasteiger partial charge < -0.3 is 23.8 Å². The smallest absolute Gasteiger partial charge is 0.276 e. The van der Waals surface area contributed by atoms with Crippen molar-refractivity contribution >= 4 is 21.8 Å². The average molecular weight is 589 g/mol. The van der Waals surface area contributed by atoms with E-state index in [-0.39, 0.29) is 37.6 Å². The van der Waals surface area contributed by atoms with Crippen molar-refractivity contribution in [3.8, 4) is 5.75 Å². The highest BCUT2D eigenvalue weighted by Crippen LogP contribution is 2.32. The minimum atomic E-state index is -3.77. The summed E-state index contributed by atoms with van der Waals surface area (Å²) < 4.78 is 45.7. The van der Waals surface area contributed by atoms with Gasteiger partial charge in [0.05, 0.1) is 25.2 Å². The van der Waals surface area contributed by atoms with E-state index in [4.69, 9.17) is 14.0 Å². The van der Waals surface area contributed by atoms with Crippen molar-refractivity contribution in [1.82, 2.24) is 19.3 Å². The molecule has 41 heavy (non-hydrogen) atoms. The lowest BCUT2D eigenvalue weighted by molar-refractivity contribution is -0.137. The second kappa shape index (κ2) is 12.5. The maximum absolute atomic E-state index is 13.8. The third-order valence-electron chi connectivity index (χ3n) is 8.37. The molecule has 0 bridgehead atoms. The van der Waals surface area contributed by atoms with E-state index in [1.807, 2.05) is 4.90 Å². The monoisotopic (exact) mass is 588 g/mol. The number of piperidine rings is 2. The fraction of sp³-hybridized carbons (Fsp3) is 0.621. The van der Waals surface area contributed by atoms with Gasteiger partial charge >= 0.3 is 0 Å². The number of rotatable bonds is 8. The normalized spacial score (nSPS) is 20.1. The summed E-state index contributed by atoms with van der Waals surface area (Å²) in [7, 11) is -2.21. The van der Waals surface area contributed by atoms with Crippen molar-refractivity contribution in [2.24, 2.45) is 0 Å². The number of carbonyl (C=O) groups excluding carboxylic acids is 2. The number of carbonyl (C=O) groups is 2. The maximum atomic E-state index is 13.8. The molecule has 0 radical (unpaired) electrons. The zero-order valence-corrected chi connectivity index (χ0v) is 25.0. The van der Waals surface area contributed by atoms with Crippen molar-refractivity contribution in [2.45, 2.75) is 76.3 Å². The van der Waals surface area contributed by atoms with Gasteiger partial charge in [-0.1, -0.05) is 11.6 Å². The molecule has 2 saturated heterocycles. The quantitative estimate of drug-likeness (QED) is 0.461. The summed E-state index contributed by atoms with van der Waals surface area (Å²) in [5.74, 6) is 0.930. The Bertz CT molecular complexity index is 1360. The molecule has 2 amide bonds. The van der Waals surface area contributed by atoms with E-state index in [1.165, 1.54) is 4.31 Å². The van der Waals surface area contributed by atoms with Crippen LogP contribution in [0, 0.1) is 13.8 Å². The van der Waals surface area contributed by atoms with Crippen LogP contribution in [-0.4, -0.2) is 92.0 Å². The van der Waals surface area contributed by atoms with E-state index < -0.39 is 10.0 Å². The Balaban J connectivity index is 1.21. The highest BCUT2D eigenvalue weighted by molar-refractivity contribution is 7.89. The number of aromatic nitrogens is 1. The minimum Gasteiger partial charge on any atom is -0.497 e. The highest BCUT2D eigenvalue weighted by atomic mass is 32.2. The predicted molar refractivity (Wildman–Crippen MR) is 150 cm³/mol. The number of sulfonamides is 1. The summed E-state index contributed by atoms with van der Waals surface area (Å²) in [6.07, 6.45) is 5.89. The van der Waals surface area contributed by atoms with Gasteiger partial charge in [-0.25, -0.2) is 8.42 Å². The Morgan fingerprint density at radius 1 is 1.00 bits per heavy atom. The molecule has 4 heterocycles. The van der Waals surface area contributed by atoms with Gasteiger partial charge in [0.1, 0.15) is 18.1 Å². The van der Waals surface area contributed by atoms with E-state index in [0.717, 1.165) is 32.1 Å². The molecular formula is C29H40N4O7S. The molecule has 0 aliphatic carbocycles. The van der Waals surface area contributed by atoms with E-state index in [9.17, 15) is 18.0 Å².